The van der Waals surface area contributed by atoms with Gasteiger partial charge in [0.25, 0.3) is 0 Å². The maximum Gasteiger partial charge on any atom is 0.332 e. The summed E-state index contributed by atoms with van der Waals surface area (Å²) < 4.78 is 8.26. The highest BCUT2D eigenvalue weighted by atomic mass is 35.5. The molecule has 0 aromatic carbocycles. The molecule has 0 unspecified atom stereocenters. The lowest BCUT2D eigenvalue weighted by atomic mass is 10.0. The first-order valence-corrected chi connectivity index (χ1v) is 6.86. The van der Waals surface area contributed by atoms with E-state index in [1.807, 2.05) is 0 Å². The summed E-state index contributed by atoms with van der Waals surface area (Å²) in [6.45, 7) is 0.894. The van der Waals surface area contributed by atoms with Gasteiger partial charge in [-0.15, -0.1) is 0 Å². The molecule has 2 aromatic heterocycles. The number of aromatic nitrogens is 4. The standard InChI is InChI=1S/C12H14ClN5O3/c1-17-8-6-14-10(13)16-9(8)18(11(17)20)12(15-7-19)2-4-21-5-3-12/h6-7H,2-5H2,1H3,(H,15,19). The number of hydrogen-bond donors (Lipinski definition) is 1. The summed E-state index contributed by atoms with van der Waals surface area (Å²) in [5.74, 6) is 0. The Bertz CT molecular complexity index is 747. The van der Waals surface area contributed by atoms with Crippen molar-refractivity contribution in [2.75, 3.05) is 13.2 Å². The first-order chi connectivity index (χ1) is 10.1. The predicted octanol–water partition coefficient (Wildman–Crippen LogP) is -0.00740. The van der Waals surface area contributed by atoms with E-state index in [0.29, 0.717) is 43.6 Å². The maximum atomic E-state index is 12.6. The maximum absolute atomic E-state index is 12.6. The summed E-state index contributed by atoms with van der Waals surface area (Å²) >= 11 is 5.85. The van der Waals surface area contributed by atoms with Gasteiger partial charge in [0.2, 0.25) is 11.7 Å². The Labute approximate surface area is 124 Å². The number of hydrogen-bond acceptors (Lipinski definition) is 5. The van der Waals surface area contributed by atoms with Gasteiger partial charge in [-0.2, -0.15) is 4.98 Å². The van der Waals surface area contributed by atoms with E-state index in [9.17, 15) is 9.59 Å². The number of ether oxygens (including phenoxy) is 1. The fourth-order valence-electron chi connectivity index (χ4n) is 2.73. The molecule has 0 spiro atoms. The number of aryl methyl sites for hydroxylation is 1. The third-order valence-corrected chi connectivity index (χ3v) is 4.03. The van der Waals surface area contributed by atoms with Crippen LogP contribution in [0.2, 0.25) is 5.28 Å². The van der Waals surface area contributed by atoms with E-state index in [-0.39, 0.29) is 11.0 Å². The molecular formula is C12H14ClN5O3. The Kier molecular flexibility index (Phi) is 3.42. The predicted molar refractivity (Wildman–Crippen MR) is 75.0 cm³/mol. The molecule has 1 fully saturated rings. The normalized spacial score (nSPS) is 17.8. The second-order valence-corrected chi connectivity index (χ2v) is 5.27. The van der Waals surface area contributed by atoms with E-state index >= 15 is 0 Å². The molecule has 0 saturated carbocycles. The molecule has 1 aliphatic rings. The summed E-state index contributed by atoms with van der Waals surface area (Å²) in [6.07, 6.45) is 3.05. The molecule has 21 heavy (non-hydrogen) atoms. The third kappa shape index (κ3) is 2.11. The number of amides is 1. The van der Waals surface area contributed by atoms with Crippen LogP contribution in [0.4, 0.5) is 0 Å². The number of rotatable bonds is 3. The second kappa shape index (κ2) is 5.12. The SMILES string of the molecule is Cn1c(=O)n(C2(NC=O)CCOCC2)c2nc(Cl)ncc21. The Morgan fingerprint density at radius 1 is 1.48 bits per heavy atom. The Hall–Kier alpha value is -1.93. The number of imidazole rings is 1. The van der Waals surface area contributed by atoms with Crippen molar-refractivity contribution in [2.24, 2.45) is 7.05 Å². The number of nitrogens with zero attached hydrogens (tertiary/aromatic N) is 4. The van der Waals surface area contributed by atoms with Crippen LogP contribution in [0.1, 0.15) is 12.8 Å². The van der Waals surface area contributed by atoms with Crippen LogP contribution in [0.3, 0.4) is 0 Å². The highest BCUT2D eigenvalue weighted by molar-refractivity contribution is 6.28. The molecule has 1 saturated heterocycles. The topological polar surface area (TPSA) is 91.0 Å². The van der Waals surface area contributed by atoms with Crippen LogP contribution >= 0.6 is 11.6 Å². The molecule has 3 rings (SSSR count). The summed E-state index contributed by atoms with van der Waals surface area (Å²) in [7, 11) is 1.63. The van der Waals surface area contributed by atoms with Crippen LogP contribution in [0.25, 0.3) is 11.2 Å². The van der Waals surface area contributed by atoms with Gasteiger partial charge in [-0.1, -0.05) is 0 Å². The molecule has 0 radical (unpaired) electrons. The average Bonchev–Trinajstić information content (AvgIpc) is 2.72. The summed E-state index contributed by atoms with van der Waals surface area (Å²) in [6, 6.07) is 0. The van der Waals surface area contributed by atoms with Crippen LogP contribution in [0.5, 0.6) is 0 Å². The zero-order valence-electron chi connectivity index (χ0n) is 11.4. The Morgan fingerprint density at radius 3 is 2.86 bits per heavy atom. The molecule has 1 N–H and O–H groups in total. The van der Waals surface area contributed by atoms with E-state index in [1.54, 1.807) is 7.05 Å². The van der Waals surface area contributed by atoms with Gasteiger partial charge >= 0.3 is 5.69 Å². The minimum atomic E-state index is -0.853. The van der Waals surface area contributed by atoms with Gasteiger partial charge < -0.3 is 10.1 Å². The van der Waals surface area contributed by atoms with Crippen LogP contribution in [-0.4, -0.2) is 38.7 Å². The molecule has 0 bridgehead atoms. The van der Waals surface area contributed by atoms with Gasteiger partial charge in [-0.05, 0) is 11.6 Å². The first kappa shape index (κ1) is 14.0. The van der Waals surface area contributed by atoms with Gasteiger partial charge in [0.1, 0.15) is 11.2 Å². The van der Waals surface area contributed by atoms with Crippen LogP contribution < -0.4 is 11.0 Å². The number of carbonyl (C=O) groups is 1. The van der Waals surface area contributed by atoms with Gasteiger partial charge in [-0.3, -0.25) is 13.9 Å². The highest BCUT2D eigenvalue weighted by Gasteiger charge is 2.38. The van der Waals surface area contributed by atoms with Crippen LogP contribution in [0.15, 0.2) is 11.0 Å². The quantitative estimate of drug-likeness (QED) is 0.636. The molecule has 3 heterocycles. The van der Waals surface area contributed by atoms with Crippen LogP contribution in [-0.2, 0) is 22.2 Å². The Morgan fingerprint density at radius 2 is 2.19 bits per heavy atom. The lowest BCUT2D eigenvalue weighted by Crippen LogP contribution is -2.54. The fourth-order valence-corrected chi connectivity index (χ4v) is 2.86. The van der Waals surface area contributed by atoms with Crippen molar-refractivity contribution in [3.63, 3.8) is 0 Å². The molecular weight excluding hydrogens is 298 g/mol. The van der Waals surface area contributed by atoms with Crippen LogP contribution in [0, 0.1) is 0 Å². The zero-order valence-corrected chi connectivity index (χ0v) is 12.1. The van der Waals surface area contributed by atoms with Gasteiger partial charge in [0.05, 0.1) is 19.4 Å². The number of halogens is 1. The Balaban J connectivity index is 2.31. The zero-order chi connectivity index (χ0) is 15.0. The summed E-state index contributed by atoms with van der Waals surface area (Å²) in [5, 5.41) is 2.82. The number of fused-ring (bicyclic) bond motifs is 1. The number of nitrogens with one attached hydrogen (secondary N) is 1. The van der Waals surface area contributed by atoms with Gasteiger partial charge in [0.15, 0.2) is 5.65 Å². The largest absolute Gasteiger partial charge is 0.381 e. The van der Waals surface area contributed by atoms with Crippen molar-refractivity contribution in [3.05, 3.63) is 22.0 Å². The molecule has 1 aliphatic heterocycles. The molecule has 1 amide bonds. The smallest absolute Gasteiger partial charge is 0.332 e. The lowest BCUT2D eigenvalue weighted by molar-refractivity contribution is -0.114. The lowest BCUT2D eigenvalue weighted by Gasteiger charge is -2.37. The molecule has 9 heteroatoms. The van der Waals surface area contributed by atoms with Crippen molar-refractivity contribution >= 4 is 29.2 Å². The summed E-state index contributed by atoms with van der Waals surface area (Å²) in [4.78, 5) is 31.7. The van der Waals surface area contributed by atoms with Crippen molar-refractivity contribution in [1.82, 2.24) is 24.4 Å². The van der Waals surface area contributed by atoms with E-state index < -0.39 is 5.66 Å². The monoisotopic (exact) mass is 311 g/mol. The van der Waals surface area contributed by atoms with Gasteiger partial charge in [0, 0.05) is 19.9 Å². The first-order valence-electron chi connectivity index (χ1n) is 6.48. The van der Waals surface area contributed by atoms with Crippen molar-refractivity contribution in [3.8, 4) is 0 Å². The summed E-state index contributed by atoms with van der Waals surface area (Å²) in [5.41, 5.74) is -0.173. The van der Waals surface area contributed by atoms with Crippen molar-refractivity contribution in [2.45, 2.75) is 18.5 Å². The van der Waals surface area contributed by atoms with E-state index in [4.69, 9.17) is 16.3 Å². The van der Waals surface area contributed by atoms with E-state index in [2.05, 4.69) is 15.3 Å². The fraction of sp³-hybridized carbons (Fsp3) is 0.500. The minimum Gasteiger partial charge on any atom is -0.381 e. The second-order valence-electron chi connectivity index (χ2n) is 4.93. The molecule has 112 valence electrons. The molecule has 8 nitrogen and oxygen atoms in total. The molecule has 0 aliphatic carbocycles. The van der Waals surface area contributed by atoms with Crippen molar-refractivity contribution < 1.29 is 9.53 Å². The van der Waals surface area contributed by atoms with Crippen molar-refractivity contribution in [1.29, 1.82) is 0 Å². The third-order valence-electron chi connectivity index (χ3n) is 3.85. The minimum absolute atomic E-state index is 0.0511. The van der Waals surface area contributed by atoms with E-state index in [1.165, 1.54) is 15.3 Å². The van der Waals surface area contributed by atoms with Gasteiger partial charge in [-0.25, -0.2) is 9.78 Å². The molecule has 2 aromatic rings. The highest BCUT2D eigenvalue weighted by Crippen LogP contribution is 2.28. The molecule has 0 atom stereocenters. The average molecular weight is 312 g/mol. The number of carbonyl (C=O) groups excluding carboxylic acids is 1. The van der Waals surface area contributed by atoms with E-state index in [0.717, 1.165) is 0 Å².